The minimum Gasteiger partial charge on any atom is -0.338 e. The van der Waals surface area contributed by atoms with Gasteiger partial charge in [0, 0.05) is 38.7 Å². The van der Waals surface area contributed by atoms with E-state index in [2.05, 4.69) is 15.6 Å². The molecule has 0 unspecified atom stereocenters. The average molecular weight is 421 g/mol. The van der Waals surface area contributed by atoms with E-state index in [1.165, 1.54) is 0 Å². The Morgan fingerprint density at radius 2 is 1.96 bits per heavy atom. The summed E-state index contributed by atoms with van der Waals surface area (Å²) < 4.78 is 0. The molecule has 3 amide bonds. The highest BCUT2D eigenvalue weighted by Crippen LogP contribution is 2.25. The number of nitrogens with zero attached hydrogens (tertiary/aromatic N) is 2. The summed E-state index contributed by atoms with van der Waals surface area (Å²) in [6, 6.07) is 8.95. The number of carbonyl (C=O) groups excluding carboxylic acids is 2. The van der Waals surface area contributed by atoms with Crippen LogP contribution >= 0.6 is 23.2 Å². The fraction of sp³-hybridized carbons (Fsp3) is 0.350. The van der Waals surface area contributed by atoms with Gasteiger partial charge in [-0.2, -0.15) is 0 Å². The van der Waals surface area contributed by atoms with Gasteiger partial charge in [-0.1, -0.05) is 35.3 Å². The molecule has 2 N–H and O–H groups in total. The second-order valence-corrected chi connectivity index (χ2v) is 7.48. The lowest BCUT2D eigenvalue weighted by molar-refractivity contribution is -0.116. The lowest BCUT2D eigenvalue weighted by Crippen LogP contribution is -2.36. The van der Waals surface area contributed by atoms with Gasteiger partial charge in [-0.25, -0.2) is 9.78 Å². The summed E-state index contributed by atoms with van der Waals surface area (Å²) in [6.07, 6.45) is 2.47. The molecule has 6 nitrogen and oxygen atoms in total. The molecule has 0 bridgehead atoms. The summed E-state index contributed by atoms with van der Waals surface area (Å²) in [5.41, 5.74) is 2.81. The third-order valence-corrected chi connectivity index (χ3v) is 5.32. The average Bonchev–Trinajstić information content (AvgIpc) is 2.68. The van der Waals surface area contributed by atoms with Crippen molar-refractivity contribution in [2.75, 3.05) is 18.0 Å². The first-order chi connectivity index (χ1) is 13.4. The van der Waals surface area contributed by atoms with Crippen LogP contribution in [-0.2, 0) is 24.2 Å². The van der Waals surface area contributed by atoms with Gasteiger partial charge in [-0.05, 0) is 42.2 Å². The third-order valence-electron chi connectivity index (χ3n) is 4.58. The van der Waals surface area contributed by atoms with E-state index in [4.69, 9.17) is 23.2 Å². The number of nitrogens with one attached hydrogen (secondary N) is 2. The van der Waals surface area contributed by atoms with E-state index in [0.29, 0.717) is 36.1 Å². The summed E-state index contributed by atoms with van der Waals surface area (Å²) in [6.45, 7) is 3.06. The molecule has 0 saturated heterocycles. The van der Waals surface area contributed by atoms with Crippen molar-refractivity contribution in [3.05, 3.63) is 57.2 Å². The van der Waals surface area contributed by atoms with Crippen molar-refractivity contribution in [3.63, 3.8) is 0 Å². The fourth-order valence-electron chi connectivity index (χ4n) is 3.12. The number of pyridine rings is 1. The largest absolute Gasteiger partial charge is 0.338 e. The first-order valence-electron chi connectivity index (χ1n) is 9.16. The lowest BCUT2D eigenvalue weighted by Gasteiger charge is -2.27. The predicted molar refractivity (Wildman–Crippen MR) is 111 cm³/mol. The molecule has 3 rings (SSSR count). The molecule has 2 aromatic rings. The van der Waals surface area contributed by atoms with Gasteiger partial charge < -0.3 is 10.6 Å². The van der Waals surface area contributed by atoms with Gasteiger partial charge in [0.25, 0.3) is 0 Å². The molecule has 0 atom stereocenters. The molecule has 8 heteroatoms. The highest BCUT2D eigenvalue weighted by atomic mass is 35.5. The van der Waals surface area contributed by atoms with Gasteiger partial charge in [0.1, 0.15) is 5.82 Å². The van der Waals surface area contributed by atoms with Crippen LogP contribution in [0.1, 0.15) is 30.2 Å². The quantitative estimate of drug-likeness (QED) is 0.773. The zero-order chi connectivity index (χ0) is 20.1. The molecule has 28 heavy (non-hydrogen) atoms. The highest BCUT2D eigenvalue weighted by Gasteiger charge is 2.21. The SMILES string of the molecule is CC(=O)N1CCCc2ccc(CCNC(=O)NCc3ccc(Cl)c(Cl)c3)nc21. The number of aromatic nitrogens is 1. The molecular formula is C20H22Cl2N4O2. The minimum atomic E-state index is -0.269. The molecule has 1 aliphatic heterocycles. The standard InChI is InChI=1S/C20H22Cl2N4O2/c1-13(27)26-10-2-3-15-5-6-16(25-19(15)26)8-9-23-20(28)24-12-14-4-7-17(21)18(22)11-14/h4-7,11H,2-3,8-10,12H2,1H3,(H2,23,24,28). The molecule has 0 radical (unpaired) electrons. The smallest absolute Gasteiger partial charge is 0.315 e. The summed E-state index contributed by atoms with van der Waals surface area (Å²) in [5, 5.41) is 6.53. The number of fused-ring (bicyclic) bond motifs is 1. The Morgan fingerprint density at radius 3 is 2.71 bits per heavy atom. The summed E-state index contributed by atoms with van der Waals surface area (Å²) in [5.74, 6) is 0.755. The number of carbonyl (C=O) groups is 2. The summed E-state index contributed by atoms with van der Waals surface area (Å²) in [7, 11) is 0. The third kappa shape index (κ3) is 5.14. The predicted octanol–water partition coefficient (Wildman–Crippen LogP) is 3.73. The maximum absolute atomic E-state index is 12.0. The topological polar surface area (TPSA) is 74.3 Å². The van der Waals surface area contributed by atoms with Crippen LogP contribution in [0.5, 0.6) is 0 Å². The number of amides is 3. The van der Waals surface area contributed by atoms with Crippen molar-refractivity contribution in [1.82, 2.24) is 15.6 Å². The zero-order valence-electron chi connectivity index (χ0n) is 15.6. The Morgan fingerprint density at radius 1 is 1.14 bits per heavy atom. The van der Waals surface area contributed by atoms with Crippen molar-refractivity contribution in [3.8, 4) is 0 Å². The number of rotatable bonds is 5. The van der Waals surface area contributed by atoms with Crippen molar-refractivity contribution < 1.29 is 9.59 Å². The first-order valence-corrected chi connectivity index (χ1v) is 9.92. The van der Waals surface area contributed by atoms with Crippen molar-refractivity contribution in [2.45, 2.75) is 32.7 Å². The molecule has 1 aromatic carbocycles. The van der Waals surface area contributed by atoms with Crippen LogP contribution in [0, 0.1) is 0 Å². The van der Waals surface area contributed by atoms with Crippen LogP contribution in [-0.4, -0.2) is 30.0 Å². The first kappa shape index (κ1) is 20.4. The lowest BCUT2D eigenvalue weighted by atomic mass is 10.0. The van der Waals surface area contributed by atoms with E-state index in [-0.39, 0.29) is 11.9 Å². The van der Waals surface area contributed by atoms with Crippen LogP contribution in [0.4, 0.5) is 10.6 Å². The summed E-state index contributed by atoms with van der Waals surface area (Å²) in [4.78, 5) is 30.1. The van der Waals surface area contributed by atoms with Gasteiger partial charge in [0.05, 0.1) is 10.0 Å². The van der Waals surface area contributed by atoms with Crippen molar-refractivity contribution in [2.24, 2.45) is 0 Å². The second kappa shape index (κ2) is 9.26. The number of halogens is 2. The van der Waals surface area contributed by atoms with E-state index in [0.717, 1.165) is 35.5 Å². The number of benzene rings is 1. The highest BCUT2D eigenvalue weighted by molar-refractivity contribution is 6.42. The van der Waals surface area contributed by atoms with Gasteiger partial charge in [0.2, 0.25) is 5.91 Å². The summed E-state index contributed by atoms with van der Waals surface area (Å²) >= 11 is 11.9. The Kier molecular flexibility index (Phi) is 6.75. The van der Waals surface area contributed by atoms with Crippen LogP contribution in [0.2, 0.25) is 10.0 Å². The number of aryl methyl sites for hydroxylation is 1. The van der Waals surface area contributed by atoms with Crippen molar-refractivity contribution >= 4 is 41.0 Å². The number of hydrogen-bond acceptors (Lipinski definition) is 3. The normalized spacial score (nSPS) is 13.0. The zero-order valence-corrected chi connectivity index (χ0v) is 17.1. The number of urea groups is 1. The van der Waals surface area contributed by atoms with E-state index < -0.39 is 0 Å². The minimum absolute atomic E-state index is 0.00501. The molecule has 0 fully saturated rings. The van der Waals surface area contributed by atoms with Crippen LogP contribution in [0.15, 0.2) is 30.3 Å². The Bertz CT molecular complexity index is 889. The number of hydrogen-bond donors (Lipinski definition) is 2. The van der Waals surface area contributed by atoms with Crippen LogP contribution < -0.4 is 15.5 Å². The van der Waals surface area contributed by atoms with Gasteiger partial charge in [-0.3, -0.25) is 9.69 Å². The van der Waals surface area contributed by atoms with Gasteiger partial charge >= 0.3 is 6.03 Å². The number of anilines is 1. The maximum Gasteiger partial charge on any atom is 0.315 e. The van der Waals surface area contributed by atoms with Crippen molar-refractivity contribution in [1.29, 1.82) is 0 Å². The van der Waals surface area contributed by atoms with Crippen LogP contribution in [0.3, 0.4) is 0 Å². The van der Waals surface area contributed by atoms with E-state index >= 15 is 0 Å². The fourth-order valence-corrected chi connectivity index (χ4v) is 3.44. The molecule has 0 aliphatic carbocycles. The molecule has 0 saturated carbocycles. The Balaban J connectivity index is 1.49. The maximum atomic E-state index is 12.0. The molecule has 0 spiro atoms. The Hall–Kier alpha value is -2.31. The second-order valence-electron chi connectivity index (χ2n) is 6.67. The Labute approximate surface area is 174 Å². The van der Waals surface area contributed by atoms with Crippen LogP contribution in [0.25, 0.3) is 0 Å². The molecule has 148 valence electrons. The van der Waals surface area contributed by atoms with Gasteiger partial charge in [-0.15, -0.1) is 0 Å². The molecular weight excluding hydrogens is 399 g/mol. The van der Waals surface area contributed by atoms with E-state index in [1.807, 2.05) is 18.2 Å². The molecule has 1 aliphatic rings. The van der Waals surface area contributed by atoms with E-state index in [1.54, 1.807) is 24.0 Å². The van der Waals surface area contributed by atoms with E-state index in [9.17, 15) is 9.59 Å². The van der Waals surface area contributed by atoms with Gasteiger partial charge in [0.15, 0.2) is 0 Å². The molecule has 1 aromatic heterocycles. The monoisotopic (exact) mass is 420 g/mol. The molecule has 2 heterocycles.